The molecule has 1 fully saturated rings. The summed E-state index contributed by atoms with van der Waals surface area (Å²) in [7, 11) is 0. The number of hydrogen-bond acceptors (Lipinski definition) is 3. The zero-order valence-corrected chi connectivity index (χ0v) is 18.8. The second kappa shape index (κ2) is 12.4. The molecular weight excluding hydrogens is 441 g/mol. The number of benzene rings is 1. The van der Waals surface area contributed by atoms with Crippen molar-refractivity contribution in [3.8, 4) is 5.75 Å². The molecule has 1 saturated carbocycles. The first kappa shape index (κ1) is 23.0. The Morgan fingerprint density at radius 1 is 1.27 bits per heavy atom. The first-order valence-corrected chi connectivity index (χ1v) is 9.44. The number of aryl methyl sites for hydroxylation is 1. The molecule has 0 heterocycles. The minimum absolute atomic E-state index is 0. The molecule has 26 heavy (non-hydrogen) atoms. The highest BCUT2D eigenvalue weighted by Gasteiger charge is 2.20. The maximum absolute atomic E-state index is 5.93. The van der Waals surface area contributed by atoms with Crippen molar-refractivity contribution in [2.75, 3.05) is 26.3 Å². The molecule has 0 aliphatic heterocycles. The molecule has 148 valence electrons. The van der Waals surface area contributed by atoms with E-state index in [4.69, 9.17) is 9.47 Å². The van der Waals surface area contributed by atoms with Crippen LogP contribution in [0.1, 0.15) is 44.7 Å². The van der Waals surface area contributed by atoms with E-state index in [1.165, 1.54) is 18.4 Å². The smallest absolute Gasteiger partial charge is 0.191 e. The number of hydrogen-bond donors (Lipinski definition) is 2. The number of halogens is 1. The van der Waals surface area contributed by atoms with Crippen molar-refractivity contribution < 1.29 is 9.47 Å². The van der Waals surface area contributed by atoms with Gasteiger partial charge < -0.3 is 20.1 Å². The van der Waals surface area contributed by atoms with Gasteiger partial charge in [0.05, 0.1) is 19.3 Å². The van der Waals surface area contributed by atoms with E-state index in [1.54, 1.807) is 0 Å². The van der Waals surface area contributed by atoms with Crippen LogP contribution < -0.4 is 15.4 Å². The summed E-state index contributed by atoms with van der Waals surface area (Å²) < 4.78 is 11.6. The van der Waals surface area contributed by atoms with Crippen LogP contribution in [-0.4, -0.2) is 38.4 Å². The Balaban J connectivity index is 0.00000338. The van der Waals surface area contributed by atoms with Crippen molar-refractivity contribution in [1.82, 2.24) is 10.6 Å². The molecule has 0 bridgehead atoms. The third-order valence-electron chi connectivity index (χ3n) is 3.93. The van der Waals surface area contributed by atoms with Crippen LogP contribution in [0.25, 0.3) is 0 Å². The SMILES string of the molecule is CCNC(=NCc1ccc(C)cc1OC(C)C)NCCOCC1CC1.I. The molecule has 0 amide bonds. The predicted octanol–water partition coefficient (Wildman–Crippen LogP) is 3.88. The van der Waals surface area contributed by atoms with E-state index in [2.05, 4.69) is 47.7 Å². The Labute approximate surface area is 175 Å². The number of nitrogens with zero attached hydrogens (tertiary/aromatic N) is 1. The van der Waals surface area contributed by atoms with Gasteiger partial charge in [-0.1, -0.05) is 12.1 Å². The second-order valence-corrected chi connectivity index (χ2v) is 6.92. The monoisotopic (exact) mass is 475 g/mol. The molecule has 1 aliphatic carbocycles. The molecule has 6 heteroatoms. The van der Waals surface area contributed by atoms with Crippen LogP contribution in [0.5, 0.6) is 5.75 Å². The fourth-order valence-electron chi connectivity index (χ4n) is 2.44. The lowest BCUT2D eigenvalue weighted by atomic mass is 10.1. The van der Waals surface area contributed by atoms with Crippen molar-refractivity contribution in [3.63, 3.8) is 0 Å². The Kier molecular flexibility index (Phi) is 11.0. The van der Waals surface area contributed by atoms with Crippen LogP contribution >= 0.6 is 24.0 Å². The van der Waals surface area contributed by atoms with Gasteiger partial charge in [0, 0.05) is 25.3 Å². The maximum Gasteiger partial charge on any atom is 0.191 e. The van der Waals surface area contributed by atoms with Gasteiger partial charge in [-0.05, 0) is 58.1 Å². The Hall–Kier alpha value is -1.02. The summed E-state index contributed by atoms with van der Waals surface area (Å²) in [6.45, 7) is 12.0. The summed E-state index contributed by atoms with van der Waals surface area (Å²) in [6, 6.07) is 6.28. The zero-order chi connectivity index (χ0) is 18.1. The van der Waals surface area contributed by atoms with Crippen LogP contribution in [0.2, 0.25) is 0 Å². The minimum Gasteiger partial charge on any atom is -0.491 e. The van der Waals surface area contributed by atoms with Crippen molar-refractivity contribution in [2.24, 2.45) is 10.9 Å². The summed E-state index contributed by atoms with van der Waals surface area (Å²) in [6.07, 6.45) is 2.81. The molecule has 0 aromatic heterocycles. The van der Waals surface area contributed by atoms with Gasteiger partial charge in [-0.2, -0.15) is 0 Å². The van der Waals surface area contributed by atoms with Gasteiger partial charge in [-0.3, -0.25) is 0 Å². The van der Waals surface area contributed by atoms with E-state index in [0.29, 0.717) is 13.2 Å². The van der Waals surface area contributed by atoms with Gasteiger partial charge in [0.1, 0.15) is 5.75 Å². The van der Waals surface area contributed by atoms with Crippen LogP contribution in [0.15, 0.2) is 23.2 Å². The molecule has 1 aliphatic rings. The summed E-state index contributed by atoms with van der Waals surface area (Å²) in [5.41, 5.74) is 2.29. The van der Waals surface area contributed by atoms with E-state index in [0.717, 1.165) is 42.9 Å². The third kappa shape index (κ3) is 9.07. The average molecular weight is 475 g/mol. The van der Waals surface area contributed by atoms with Crippen LogP contribution in [0, 0.1) is 12.8 Å². The number of aliphatic imine (C=N–C) groups is 1. The summed E-state index contributed by atoms with van der Waals surface area (Å²) in [4.78, 5) is 4.69. The summed E-state index contributed by atoms with van der Waals surface area (Å²) >= 11 is 0. The fourth-order valence-corrected chi connectivity index (χ4v) is 2.44. The van der Waals surface area contributed by atoms with Crippen LogP contribution in [0.3, 0.4) is 0 Å². The highest BCUT2D eigenvalue weighted by atomic mass is 127. The van der Waals surface area contributed by atoms with Gasteiger partial charge in [-0.25, -0.2) is 4.99 Å². The van der Waals surface area contributed by atoms with Gasteiger partial charge in [0.2, 0.25) is 0 Å². The predicted molar refractivity (Wildman–Crippen MR) is 119 cm³/mol. The zero-order valence-electron chi connectivity index (χ0n) is 16.5. The molecule has 0 saturated heterocycles. The summed E-state index contributed by atoms with van der Waals surface area (Å²) in [5, 5.41) is 6.61. The Morgan fingerprint density at radius 2 is 2.04 bits per heavy atom. The lowest BCUT2D eigenvalue weighted by Gasteiger charge is -2.15. The maximum atomic E-state index is 5.93. The molecule has 2 N–H and O–H groups in total. The fraction of sp³-hybridized carbons (Fsp3) is 0.650. The van der Waals surface area contributed by atoms with E-state index in [1.807, 2.05) is 13.8 Å². The number of guanidine groups is 1. The molecular formula is C20H34IN3O2. The summed E-state index contributed by atoms with van der Waals surface area (Å²) in [5.74, 6) is 2.54. The van der Waals surface area contributed by atoms with Gasteiger partial charge in [0.25, 0.3) is 0 Å². The van der Waals surface area contributed by atoms with E-state index >= 15 is 0 Å². The van der Waals surface area contributed by atoms with E-state index < -0.39 is 0 Å². The normalized spacial score (nSPS) is 14.1. The largest absolute Gasteiger partial charge is 0.491 e. The highest BCUT2D eigenvalue weighted by Crippen LogP contribution is 2.28. The molecule has 2 rings (SSSR count). The van der Waals surface area contributed by atoms with Crippen molar-refractivity contribution in [3.05, 3.63) is 29.3 Å². The second-order valence-electron chi connectivity index (χ2n) is 6.92. The number of ether oxygens (including phenoxy) is 2. The quantitative estimate of drug-likeness (QED) is 0.234. The van der Waals surface area contributed by atoms with E-state index in [-0.39, 0.29) is 30.1 Å². The number of nitrogens with one attached hydrogen (secondary N) is 2. The standard InChI is InChI=1S/C20H33N3O2.HI/c1-5-21-20(22-10-11-24-14-17-7-8-17)23-13-18-9-6-16(4)12-19(18)25-15(2)3;/h6,9,12,15,17H,5,7-8,10-11,13-14H2,1-4H3,(H2,21,22,23);1H. The topological polar surface area (TPSA) is 54.9 Å². The average Bonchev–Trinajstić information content (AvgIpc) is 3.37. The molecule has 1 aromatic carbocycles. The Bertz CT molecular complexity index is 560. The van der Waals surface area contributed by atoms with Crippen LogP contribution in [0.4, 0.5) is 0 Å². The van der Waals surface area contributed by atoms with Crippen molar-refractivity contribution in [1.29, 1.82) is 0 Å². The third-order valence-corrected chi connectivity index (χ3v) is 3.93. The first-order chi connectivity index (χ1) is 12.1. The Morgan fingerprint density at radius 3 is 2.69 bits per heavy atom. The molecule has 1 aromatic rings. The lowest BCUT2D eigenvalue weighted by molar-refractivity contribution is 0.129. The molecule has 0 spiro atoms. The minimum atomic E-state index is 0. The number of rotatable bonds is 10. The lowest BCUT2D eigenvalue weighted by Crippen LogP contribution is -2.39. The molecule has 0 atom stereocenters. The molecule has 5 nitrogen and oxygen atoms in total. The van der Waals surface area contributed by atoms with Crippen LogP contribution in [-0.2, 0) is 11.3 Å². The molecule has 0 radical (unpaired) electrons. The van der Waals surface area contributed by atoms with Gasteiger partial charge in [-0.15, -0.1) is 24.0 Å². The van der Waals surface area contributed by atoms with Gasteiger partial charge in [0.15, 0.2) is 5.96 Å². The first-order valence-electron chi connectivity index (χ1n) is 9.44. The van der Waals surface area contributed by atoms with Gasteiger partial charge >= 0.3 is 0 Å². The molecule has 0 unspecified atom stereocenters. The van der Waals surface area contributed by atoms with Crippen molar-refractivity contribution in [2.45, 2.75) is 53.2 Å². The highest BCUT2D eigenvalue weighted by molar-refractivity contribution is 14.0. The van der Waals surface area contributed by atoms with Crippen molar-refractivity contribution >= 4 is 29.9 Å². The van der Waals surface area contributed by atoms with E-state index in [9.17, 15) is 0 Å².